The van der Waals surface area contributed by atoms with Gasteiger partial charge < -0.3 is 10.1 Å². The first-order chi connectivity index (χ1) is 13.1. The van der Waals surface area contributed by atoms with Crippen LogP contribution in [0.2, 0.25) is 5.02 Å². The summed E-state index contributed by atoms with van der Waals surface area (Å²) in [7, 11) is -1.08. The average molecular weight is 425 g/mol. The van der Waals surface area contributed by atoms with Crippen LogP contribution < -0.4 is 5.32 Å². The summed E-state index contributed by atoms with van der Waals surface area (Å²) in [5.74, 6) is -1.40. The number of nitrogens with zero attached hydrogens (tertiary/aromatic N) is 1. The highest BCUT2D eigenvalue weighted by atomic mass is 35.5. The van der Waals surface area contributed by atoms with Gasteiger partial charge in [-0.05, 0) is 30.3 Å². The predicted molar refractivity (Wildman–Crippen MR) is 103 cm³/mol. The van der Waals surface area contributed by atoms with Gasteiger partial charge in [0, 0.05) is 25.3 Å². The lowest BCUT2D eigenvalue weighted by Crippen LogP contribution is -2.23. The van der Waals surface area contributed by atoms with Crippen molar-refractivity contribution >= 4 is 45.5 Å². The first-order valence-electron chi connectivity index (χ1n) is 7.89. The van der Waals surface area contributed by atoms with Gasteiger partial charge in [0.25, 0.3) is 5.91 Å². The maximum atomic E-state index is 12.2. The van der Waals surface area contributed by atoms with Crippen molar-refractivity contribution in [1.82, 2.24) is 4.31 Å². The lowest BCUT2D eigenvalue weighted by atomic mass is 10.1. The number of carbonyl (C=O) groups is 3. The molecule has 0 aliphatic heterocycles. The molecule has 0 saturated heterocycles. The number of sulfonamides is 1. The number of rotatable bonds is 7. The molecule has 0 unspecified atom stereocenters. The van der Waals surface area contributed by atoms with Gasteiger partial charge in [0.05, 0.1) is 10.6 Å². The first-order valence-corrected chi connectivity index (χ1v) is 9.71. The Morgan fingerprint density at radius 2 is 1.79 bits per heavy atom. The van der Waals surface area contributed by atoms with Crippen molar-refractivity contribution in [3.05, 3.63) is 58.6 Å². The van der Waals surface area contributed by atoms with Crippen LogP contribution in [0.3, 0.4) is 0 Å². The first kappa shape index (κ1) is 21.5. The largest absolute Gasteiger partial charge is 0.452 e. The Morgan fingerprint density at radius 1 is 1.14 bits per heavy atom. The molecule has 8 nitrogen and oxygen atoms in total. The Bertz CT molecular complexity index is 1000. The summed E-state index contributed by atoms with van der Waals surface area (Å²) in [5, 5.41) is 2.45. The van der Waals surface area contributed by atoms with Crippen molar-refractivity contribution in [2.75, 3.05) is 26.0 Å². The molecule has 0 fully saturated rings. The van der Waals surface area contributed by atoms with Gasteiger partial charge in [-0.15, -0.1) is 0 Å². The van der Waals surface area contributed by atoms with Gasteiger partial charge in [0.2, 0.25) is 10.0 Å². The number of hydrogen-bond acceptors (Lipinski definition) is 6. The van der Waals surface area contributed by atoms with Crippen LogP contribution in [0.25, 0.3) is 0 Å². The third kappa shape index (κ3) is 5.16. The molecule has 2 aromatic rings. The van der Waals surface area contributed by atoms with E-state index in [1.165, 1.54) is 56.6 Å². The molecule has 2 rings (SSSR count). The highest BCUT2D eigenvalue weighted by Crippen LogP contribution is 2.26. The van der Waals surface area contributed by atoms with E-state index in [0.29, 0.717) is 11.8 Å². The van der Waals surface area contributed by atoms with Crippen LogP contribution >= 0.6 is 11.6 Å². The zero-order chi connectivity index (χ0) is 20.9. The van der Waals surface area contributed by atoms with Gasteiger partial charge in [0.1, 0.15) is 11.2 Å². The molecule has 0 aliphatic rings. The molecule has 1 N–H and O–H groups in total. The molecule has 1 amide bonds. The fourth-order valence-electron chi connectivity index (χ4n) is 2.08. The van der Waals surface area contributed by atoms with Crippen LogP contribution in [0.4, 0.5) is 5.69 Å². The summed E-state index contributed by atoms with van der Waals surface area (Å²) in [6.45, 7) is -0.577. The van der Waals surface area contributed by atoms with Gasteiger partial charge in [0.15, 0.2) is 6.61 Å². The number of aldehydes is 1. The topological polar surface area (TPSA) is 110 Å². The normalized spacial score (nSPS) is 11.1. The highest BCUT2D eigenvalue weighted by molar-refractivity contribution is 7.89. The molecule has 0 saturated carbocycles. The maximum absolute atomic E-state index is 12.2. The number of esters is 1. The number of ether oxygens (including phenoxy) is 1. The van der Waals surface area contributed by atoms with E-state index in [-0.39, 0.29) is 21.2 Å². The van der Waals surface area contributed by atoms with E-state index in [1.807, 2.05) is 0 Å². The van der Waals surface area contributed by atoms with Crippen molar-refractivity contribution in [2.24, 2.45) is 0 Å². The molecule has 148 valence electrons. The Morgan fingerprint density at radius 3 is 2.36 bits per heavy atom. The van der Waals surface area contributed by atoms with Crippen molar-refractivity contribution < 1.29 is 27.5 Å². The van der Waals surface area contributed by atoms with Gasteiger partial charge in [-0.1, -0.05) is 23.7 Å². The summed E-state index contributed by atoms with van der Waals surface area (Å²) >= 11 is 5.94. The molecule has 0 aromatic heterocycles. The molecule has 0 heterocycles. The van der Waals surface area contributed by atoms with Gasteiger partial charge >= 0.3 is 5.97 Å². The van der Waals surface area contributed by atoms with Crippen molar-refractivity contribution in [2.45, 2.75) is 4.90 Å². The molecule has 0 bridgehead atoms. The molecule has 2 aromatic carbocycles. The molecular formula is C18H17ClN2O6S. The minimum absolute atomic E-state index is 0.0110. The predicted octanol–water partition coefficient (Wildman–Crippen LogP) is 2.20. The second-order valence-corrected chi connectivity index (χ2v) is 8.32. The minimum Gasteiger partial charge on any atom is -0.452 e. The standard InChI is InChI=1S/C18H17ClN2O6S/c1-21(2)28(25,26)16-9-14(7-8-15(16)19)20-17(23)11-27-18(24)13-5-3-12(10-22)4-6-13/h3-10H,11H2,1-2H3,(H,20,23). The number of nitrogens with one attached hydrogen (secondary N) is 1. The second-order valence-electron chi connectivity index (χ2n) is 5.80. The Kier molecular flexibility index (Phi) is 6.90. The van der Waals surface area contributed by atoms with E-state index < -0.39 is 28.5 Å². The lowest BCUT2D eigenvalue weighted by molar-refractivity contribution is -0.119. The summed E-state index contributed by atoms with van der Waals surface area (Å²) in [4.78, 5) is 34.4. The third-order valence-electron chi connectivity index (χ3n) is 3.59. The average Bonchev–Trinajstić information content (AvgIpc) is 2.67. The zero-order valence-electron chi connectivity index (χ0n) is 15.0. The van der Waals surface area contributed by atoms with E-state index in [2.05, 4.69) is 5.32 Å². The van der Waals surface area contributed by atoms with Crippen LogP contribution in [0.5, 0.6) is 0 Å². The van der Waals surface area contributed by atoms with E-state index in [0.717, 1.165) is 4.31 Å². The Balaban J connectivity index is 2.03. The molecule has 0 radical (unpaired) electrons. The number of anilines is 1. The van der Waals surface area contributed by atoms with Crippen LogP contribution in [0.1, 0.15) is 20.7 Å². The number of amides is 1. The van der Waals surface area contributed by atoms with E-state index in [1.54, 1.807) is 0 Å². The summed E-state index contributed by atoms with van der Waals surface area (Å²) in [6.07, 6.45) is 0.638. The van der Waals surface area contributed by atoms with Gasteiger partial charge in [-0.3, -0.25) is 9.59 Å². The van der Waals surface area contributed by atoms with E-state index in [9.17, 15) is 22.8 Å². The molecule has 0 spiro atoms. The van der Waals surface area contributed by atoms with Crippen LogP contribution in [-0.2, 0) is 19.6 Å². The van der Waals surface area contributed by atoms with Crippen LogP contribution in [0.15, 0.2) is 47.4 Å². The Hall–Kier alpha value is -2.75. The van der Waals surface area contributed by atoms with Crippen LogP contribution in [-0.4, -0.2) is 51.6 Å². The smallest absolute Gasteiger partial charge is 0.338 e. The quantitative estimate of drug-likeness (QED) is 0.539. The van der Waals surface area contributed by atoms with E-state index >= 15 is 0 Å². The molecule has 10 heteroatoms. The molecule has 28 heavy (non-hydrogen) atoms. The second kappa shape index (κ2) is 8.96. The third-order valence-corrected chi connectivity index (χ3v) is 5.89. The molecular weight excluding hydrogens is 408 g/mol. The Labute approximate surface area is 167 Å². The van der Waals surface area contributed by atoms with Crippen molar-refractivity contribution in [3.8, 4) is 0 Å². The van der Waals surface area contributed by atoms with Crippen LogP contribution in [0, 0.1) is 0 Å². The fourth-order valence-corrected chi connectivity index (χ4v) is 3.48. The molecule has 0 aliphatic carbocycles. The number of carbonyl (C=O) groups excluding carboxylic acids is 3. The highest BCUT2D eigenvalue weighted by Gasteiger charge is 2.21. The summed E-state index contributed by atoms with van der Waals surface area (Å²) in [6, 6.07) is 9.69. The zero-order valence-corrected chi connectivity index (χ0v) is 16.6. The monoisotopic (exact) mass is 424 g/mol. The fraction of sp³-hybridized carbons (Fsp3) is 0.167. The number of hydrogen-bond donors (Lipinski definition) is 1. The minimum atomic E-state index is -3.79. The van der Waals surface area contributed by atoms with Crippen molar-refractivity contribution in [1.29, 1.82) is 0 Å². The van der Waals surface area contributed by atoms with Gasteiger partial charge in [-0.25, -0.2) is 17.5 Å². The maximum Gasteiger partial charge on any atom is 0.338 e. The van der Waals surface area contributed by atoms with Crippen molar-refractivity contribution in [3.63, 3.8) is 0 Å². The van der Waals surface area contributed by atoms with E-state index in [4.69, 9.17) is 16.3 Å². The summed E-state index contributed by atoms with van der Waals surface area (Å²) in [5.41, 5.74) is 0.769. The molecule has 0 atom stereocenters. The summed E-state index contributed by atoms with van der Waals surface area (Å²) < 4.78 is 30.4. The SMILES string of the molecule is CN(C)S(=O)(=O)c1cc(NC(=O)COC(=O)c2ccc(C=O)cc2)ccc1Cl. The van der Waals surface area contributed by atoms with Gasteiger partial charge in [-0.2, -0.15) is 0 Å². The number of benzene rings is 2. The lowest BCUT2D eigenvalue weighted by Gasteiger charge is -2.14. The number of halogens is 1.